The van der Waals surface area contributed by atoms with Crippen molar-refractivity contribution in [2.24, 2.45) is 0 Å². The summed E-state index contributed by atoms with van der Waals surface area (Å²) >= 11 is 6.42. The van der Waals surface area contributed by atoms with Crippen molar-refractivity contribution in [3.63, 3.8) is 0 Å². The number of halogens is 1. The number of nitriles is 1. The van der Waals surface area contributed by atoms with E-state index in [4.69, 9.17) is 22.1 Å². The molecule has 3 aromatic rings. The van der Waals surface area contributed by atoms with Crippen LogP contribution < -0.4 is 10.5 Å². The number of benzene rings is 2. The number of nitrogens with two attached hydrogens (primary N) is 1. The van der Waals surface area contributed by atoms with Crippen LogP contribution in [0.4, 0.5) is 5.95 Å². The highest BCUT2D eigenvalue weighted by Crippen LogP contribution is 2.50. The minimum absolute atomic E-state index is 0.0947. The van der Waals surface area contributed by atoms with E-state index in [0.717, 1.165) is 41.8 Å². The molecule has 0 spiro atoms. The van der Waals surface area contributed by atoms with Crippen LogP contribution >= 0.6 is 11.6 Å². The van der Waals surface area contributed by atoms with Crippen LogP contribution in [0.15, 0.2) is 48.7 Å². The zero-order chi connectivity index (χ0) is 20.4. The predicted molar refractivity (Wildman–Crippen MR) is 113 cm³/mol. The molecule has 1 saturated carbocycles. The Morgan fingerprint density at radius 1 is 1.17 bits per heavy atom. The predicted octanol–water partition coefficient (Wildman–Crippen LogP) is 4.94. The summed E-state index contributed by atoms with van der Waals surface area (Å²) in [6, 6.07) is 16.2. The number of rotatable bonds is 5. The average Bonchev–Trinajstić information content (AvgIpc) is 2.69. The Morgan fingerprint density at radius 3 is 2.55 bits per heavy atom. The van der Waals surface area contributed by atoms with Crippen molar-refractivity contribution in [3.8, 4) is 11.8 Å². The molecule has 0 atom stereocenters. The lowest BCUT2D eigenvalue weighted by Crippen LogP contribution is -2.35. The molecule has 29 heavy (non-hydrogen) atoms. The molecule has 0 aliphatic heterocycles. The van der Waals surface area contributed by atoms with Gasteiger partial charge in [-0.25, -0.2) is 9.97 Å². The molecule has 0 bridgehead atoms. The van der Waals surface area contributed by atoms with Gasteiger partial charge in [-0.15, -0.1) is 0 Å². The van der Waals surface area contributed by atoms with E-state index in [2.05, 4.69) is 28.2 Å². The molecule has 1 fully saturated rings. The van der Waals surface area contributed by atoms with Crippen molar-refractivity contribution < 1.29 is 4.74 Å². The van der Waals surface area contributed by atoms with E-state index in [1.165, 1.54) is 5.56 Å². The fraction of sp³-hybridized carbons (Fsp3) is 0.261. The van der Waals surface area contributed by atoms with Crippen LogP contribution in [-0.2, 0) is 12.0 Å². The Labute approximate surface area is 175 Å². The number of nitrogens with zero attached hydrogens (tertiary/aromatic N) is 3. The van der Waals surface area contributed by atoms with Crippen molar-refractivity contribution in [2.45, 2.75) is 38.2 Å². The Bertz CT molecular complexity index is 1090. The van der Waals surface area contributed by atoms with E-state index in [1.807, 2.05) is 31.2 Å². The molecule has 1 heterocycles. The third-order valence-electron chi connectivity index (χ3n) is 5.75. The van der Waals surface area contributed by atoms with Gasteiger partial charge in [0.05, 0.1) is 17.3 Å². The smallest absolute Gasteiger partial charge is 0.220 e. The van der Waals surface area contributed by atoms with Gasteiger partial charge in [0.15, 0.2) is 0 Å². The first-order valence-corrected chi connectivity index (χ1v) is 9.91. The summed E-state index contributed by atoms with van der Waals surface area (Å²) in [6.45, 7) is 2.21. The second-order valence-electron chi connectivity index (χ2n) is 7.40. The standard InChI is InChI=1S/C23H21ClN4O/c1-15-16(13-25)11-18(12-21(15)24)23(8-2-9-23)17-3-5-20(6-4-17)29-14-19-7-10-27-22(26)28-19/h3-7,10-12H,2,8-9,14H2,1H3,(H2,26,27,28). The van der Waals surface area contributed by atoms with Crippen LogP contribution in [0, 0.1) is 18.3 Å². The number of ether oxygens (including phenoxy) is 1. The number of nitrogen functional groups attached to an aromatic ring is 1. The van der Waals surface area contributed by atoms with E-state index in [-0.39, 0.29) is 11.4 Å². The van der Waals surface area contributed by atoms with Gasteiger partial charge in [-0.2, -0.15) is 5.26 Å². The van der Waals surface area contributed by atoms with Crippen molar-refractivity contribution in [2.75, 3.05) is 5.73 Å². The largest absolute Gasteiger partial charge is 0.487 e. The molecule has 2 N–H and O–H groups in total. The average molecular weight is 405 g/mol. The Hall–Kier alpha value is -3.10. The van der Waals surface area contributed by atoms with Gasteiger partial charge in [0.25, 0.3) is 0 Å². The first kappa shape index (κ1) is 19.2. The first-order valence-electron chi connectivity index (χ1n) is 9.53. The molecule has 2 aromatic carbocycles. The molecule has 0 saturated heterocycles. The van der Waals surface area contributed by atoms with Crippen molar-refractivity contribution >= 4 is 17.5 Å². The molecule has 0 unspecified atom stereocenters. The van der Waals surface area contributed by atoms with E-state index >= 15 is 0 Å². The summed E-state index contributed by atoms with van der Waals surface area (Å²) in [5.74, 6) is 1.00. The highest BCUT2D eigenvalue weighted by molar-refractivity contribution is 6.31. The lowest BCUT2D eigenvalue weighted by molar-refractivity contribution is 0.294. The highest BCUT2D eigenvalue weighted by atomic mass is 35.5. The van der Waals surface area contributed by atoms with Gasteiger partial charge in [-0.1, -0.05) is 30.2 Å². The van der Waals surface area contributed by atoms with Gasteiger partial charge in [-0.3, -0.25) is 0 Å². The fourth-order valence-corrected chi connectivity index (χ4v) is 4.09. The maximum absolute atomic E-state index is 9.46. The molecule has 146 valence electrons. The number of aromatic nitrogens is 2. The Morgan fingerprint density at radius 2 is 1.93 bits per heavy atom. The Kier molecular flexibility index (Phi) is 5.12. The van der Waals surface area contributed by atoms with E-state index in [0.29, 0.717) is 17.2 Å². The molecule has 1 aliphatic rings. The summed E-state index contributed by atoms with van der Waals surface area (Å²) in [7, 11) is 0. The maximum atomic E-state index is 9.46. The lowest BCUT2D eigenvalue weighted by Gasteiger charge is -2.43. The molecule has 0 amide bonds. The number of hydrogen-bond donors (Lipinski definition) is 1. The molecule has 6 heteroatoms. The second kappa shape index (κ2) is 7.73. The van der Waals surface area contributed by atoms with Gasteiger partial charge in [-0.05, 0) is 66.8 Å². The first-order chi connectivity index (χ1) is 14.0. The summed E-state index contributed by atoms with van der Waals surface area (Å²) in [5, 5.41) is 10.1. The normalized spacial score (nSPS) is 14.7. The Balaban J connectivity index is 1.57. The van der Waals surface area contributed by atoms with E-state index in [1.54, 1.807) is 12.3 Å². The number of anilines is 1. The molecular weight excluding hydrogens is 384 g/mol. The van der Waals surface area contributed by atoms with Crippen LogP contribution in [0.1, 0.15) is 47.2 Å². The van der Waals surface area contributed by atoms with Crippen LogP contribution in [0.25, 0.3) is 0 Å². The fourth-order valence-electron chi connectivity index (χ4n) is 3.87. The zero-order valence-electron chi connectivity index (χ0n) is 16.2. The quantitative estimate of drug-likeness (QED) is 0.650. The zero-order valence-corrected chi connectivity index (χ0v) is 16.9. The van der Waals surface area contributed by atoms with Gasteiger partial charge in [0, 0.05) is 16.6 Å². The molecule has 0 radical (unpaired) electrons. The van der Waals surface area contributed by atoms with E-state index in [9.17, 15) is 5.26 Å². The summed E-state index contributed by atoms with van der Waals surface area (Å²) in [6.07, 6.45) is 4.85. The molecule has 1 aromatic heterocycles. The minimum atomic E-state index is -0.0947. The highest BCUT2D eigenvalue weighted by Gasteiger charge is 2.40. The lowest BCUT2D eigenvalue weighted by atomic mass is 9.60. The van der Waals surface area contributed by atoms with Gasteiger partial charge in [0.2, 0.25) is 5.95 Å². The van der Waals surface area contributed by atoms with Gasteiger partial charge < -0.3 is 10.5 Å². The third kappa shape index (κ3) is 3.64. The molecular formula is C23H21ClN4O. The molecule has 4 rings (SSSR count). The van der Waals surface area contributed by atoms with Gasteiger partial charge in [0.1, 0.15) is 12.4 Å². The van der Waals surface area contributed by atoms with Crippen LogP contribution in [0.3, 0.4) is 0 Å². The van der Waals surface area contributed by atoms with Crippen LogP contribution in [0.2, 0.25) is 5.02 Å². The monoisotopic (exact) mass is 404 g/mol. The summed E-state index contributed by atoms with van der Waals surface area (Å²) < 4.78 is 5.83. The van der Waals surface area contributed by atoms with Crippen molar-refractivity contribution in [1.29, 1.82) is 5.26 Å². The van der Waals surface area contributed by atoms with Crippen LogP contribution in [0.5, 0.6) is 5.75 Å². The topological polar surface area (TPSA) is 84.8 Å². The van der Waals surface area contributed by atoms with E-state index < -0.39 is 0 Å². The summed E-state index contributed by atoms with van der Waals surface area (Å²) in [4.78, 5) is 8.03. The van der Waals surface area contributed by atoms with Crippen LogP contribution in [-0.4, -0.2) is 9.97 Å². The third-order valence-corrected chi connectivity index (χ3v) is 6.14. The van der Waals surface area contributed by atoms with Crippen molar-refractivity contribution in [1.82, 2.24) is 9.97 Å². The number of hydrogen-bond acceptors (Lipinski definition) is 5. The molecule has 1 aliphatic carbocycles. The second-order valence-corrected chi connectivity index (χ2v) is 7.80. The van der Waals surface area contributed by atoms with Crippen molar-refractivity contribution in [3.05, 3.63) is 81.6 Å². The maximum Gasteiger partial charge on any atom is 0.220 e. The summed E-state index contributed by atoms with van der Waals surface area (Å²) in [5.41, 5.74) is 10.0. The van der Waals surface area contributed by atoms with Gasteiger partial charge >= 0.3 is 0 Å². The molecule has 5 nitrogen and oxygen atoms in total. The minimum Gasteiger partial charge on any atom is -0.487 e. The SMILES string of the molecule is Cc1c(Cl)cc(C2(c3ccc(OCc4ccnc(N)n4)cc3)CCC2)cc1C#N.